The van der Waals surface area contributed by atoms with Crippen LogP contribution < -0.4 is 5.32 Å². The van der Waals surface area contributed by atoms with Crippen molar-refractivity contribution in [1.82, 2.24) is 5.32 Å². The van der Waals surface area contributed by atoms with Crippen LogP contribution in [0.2, 0.25) is 0 Å². The second-order valence-electron chi connectivity index (χ2n) is 4.48. The Hall–Kier alpha value is -0.120. The summed E-state index contributed by atoms with van der Waals surface area (Å²) in [6.07, 6.45) is 5.20. The predicted molar refractivity (Wildman–Crippen MR) is 55.4 cm³/mol. The zero-order valence-electron chi connectivity index (χ0n) is 9.00. The van der Waals surface area contributed by atoms with Gasteiger partial charge in [-0.1, -0.05) is 0 Å². The largest absolute Gasteiger partial charge is 0.380 e. The summed E-state index contributed by atoms with van der Waals surface area (Å²) in [6, 6.07) is 1.23. The third-order valence-electron chi connectivity index (χ3n) is 3.12. The lowest BCUT2D eigenvalue weighted by Gasteiger charge is -2.33. The first-order valence-electron chi connectivity index (χ1n) is 5.80. The fraction of sp³-hybridized carbons (Fsp3) is 1.00. The van der Waals surface area contributed by atoms with Crippen molar-refractivity contribution in [3.63, 3.8) is 0 Å². The van der Waals surface area contributed by atoms with Crippen LogP contribution in [0.25, 0.3) is 0 Å². The fourth-order valence-corrected chi connectivity index (χ4v) is 2.35. The van der Waals surface area contributed by atoms with Gasteiger partial charge < -0.3 is 14.8 Å². The van der Waals surface area contributed by atoms with E-state index in [0.29, 0.717) is 18.2 Å². The molecule has 0 bridgehead atoms. The summed E-state index contributed by atoms with van der Waals surface area (Å²) >= 11 is 0. The second-order valence-corrected chi connectivity index (χ2v) is 4.48. The third-order valence-corrected chi connectivity index (χ3v) is 3.12. The van der Waals surface area contributed by atoms with Gasteiger partial charge in [-0.2, -0.15) is 0 Å². The highest BCUT2D eigenvalue weighted by Crippen LogP contribution is 2.15. The predicted octanol–water partition coefficient (Wildman–Crippen LogP) is 1.32. The Balaban J connectivity index is 1.72. The molecule has 14 heavy (non-hydrogen) atoms. The quantitative estimate of drug-likeness (QED) is 0.727. The van der Waals surface area contributed by atoms with Crippen LogP contribution in [0, 0.1) is 0 Å². The maximum atomic E-state index is 5.53. The first-order valence-corrected chi connectivity index (χ1v) is 5.80. The minimum atomic E-state index is 0.422. The molecular weight excluding hydrogens is 178 g/mol. The smallest absolute Gasteiger partial charge is 0.0619 e. The molecule has 0 spiro atoms. The van der Waals surface area contributed by atoms with Gasteiger partial charge in [0.05, 0.1) is 12.7 Å². The second kappa shape index (κ2) is 5.10. The van der Waals surface area contributed by atoms with Gasteiger partial charge in [-0.15, -0.1) is 0 Å². The molecule has 0 aromatic heterocycles. The van der Waals surface area contributed by atoms with Crippen molar-refractivity contribution in [3.8, 4) is 0 Å². The molecule has 1 N–H and O–H groups in total. The van der Waals surface area contributed by atoms with Gasteiger partial charge in [0, 0.05) is 25.3 Å². The molecule has 0 aliphatic carbocycles. The topological polar surface area (TPSA) is 30.5 Å². The monoisotopic (exact) mass is 199 g/mol. The van der Waals surface area contributed by atoms with E-state index in [1.165, 1.54) is 12.8 Å². The molecule has 0 aromatic rings. The normalized spacial score (nSPS) is 39.6. The van der Waals surface area contributed by atoms with Gasteiger partial charge >= 0.3 is 0 Å². The van der Waals surface area contributed by atoms with E-state index in [2.05, 4.69) is 12.2 Å². The van der Waals surface area contributed by atoms with Crippen molar-refractivity contribution in [2.45, 2.75) is 50.8 Å². The maximum absolute atomic E-state index is 5.53. The maximum Gasteiger partial charge on any atom is 0.0619 e. The first-order chi connectivity index (χ1) is 6.84. The highest BCUT2D eigenvalue weighted by molar-refractivity contribution is 4.80. The molecule has 3 atom stereocenters. The lowest BCUT2D eigenvalue weighted by molar-refractivity contribution is 0.00266. The Kier molecular flexibility index (Phi) is 3.79. The number of nitrogens with one attached hydrogen (secondary N) is 1. The molecule has 2 fully saturated rings. The van der Waals surface area contributed by atoms with Crippen LogP contribution in [-0.2, 0) is 9.47 Å². The van der Waals surface area contributed by atoms with Crippen molar-refractivity contribution < 1.29 is 9.47 Å². The minimum absolute atomic E-state index is 0.422. The number of ether oxygens (including phenoxy) is 2. The highest BCUT2D eigenvalue weighted by Gasteiger charge is 2.23. The Morgan fingerprint density at radius 3 is 2.79 bits per heavy atom. The average molecular weight is 199 g/mol. The Bertz CT molecular complexity index is 169. The third kappa shape index (κ3) is 2.94. The van der Waals surface area contributed by atoms with E-state index in [1.807, 2.05) is 0 Å². The van der Waals surface area contributed by atoms with E-state index < -0.39 is 0 Å². The van der Waals surface area contributed by atoms with Gasteiger partial charge in [0.2, 0.25) is 0 Å². The van der Waals surface area contributed by atoms with E-state index in [4.69, 9.17) is 9.47 Å². The van der Waals surface area contributed by atoms with E-state index in [0.717, 1.165) is 32.7 Å². The Morgan fingerprint density at radius 2 is 2.07 bits per heavy atom. The molecule has 2 aliphatic heterocycles. The molecule has 82 valence electrons. The van der Waals surface area contributed by atoms with Gasteiger partial charge in [0.25, 0.3) is 0 Å². The van der Waals surface area contributed by atoms with Crippen LogP contribution in [0.1, 0.15) is 32.6 Å². The molecule has 3 unspecified atom stereocenters. The standard InChI is InChI=1S/C11H21NO2/c1-9-7-10(4-6-14-9)12-11-3-2-5-13-8-11/h9-12H,2-8H2,1H3. The molecule has 0 amide bonds. The molecule has 2 saturated heterocycles. The molecular formula is C11H21NO2. The van der Waals surface area contributed by atoms with E-state index in [1.54, 1.807) is 0 Å². The van der Waals surface area contributed by atoms with Crippen molar-refractivity contribution in [1.29, 1.82) is 0 Å². The van der Waals surface area contributed by atoms with Crippen LogP contribution in [0.15, 0.2) is 0 Å². The molecule has 3 nitrogen and oxygen atoms in total. The number of rotatable bonds is 2. The van der Waals surface area contributed by atoms with Crippen LogP contribution >= 0.6 is 0 Å². The lowest BCUT2D eigenvalue weighted by Crippen LogP contribution is -2.46. The molecule has 3 heteroatoms. The summed E-state index contributed by atoms with van der Waals surface area (Å²) in [6.45, 7) is 4.91. The Morgan fingerprint density at radius 1 is 1.14 bits per heavy atom. The first kappa shape index (κ1) is 10.4. The molecule has 2 heterocycles. The molecule has 0 aromatic carbocycles. The van der Waals surface area contributed by atoms with Gasteiger partial charge in [0.1, 0.15) is 0 Å². The van der Waals surface area contributed by atoms with Crippen molar-refractivity contribution in [2.24, 2.45) is 0 Å². The van der Waals surface area contributed by atoms with Gasteiger partial charge in [-0.3, -0.25) is 0 Å². The van der Waals surface area contributed by atoms with Crippen molar-refractivity contribution in [3.05, 3.63) is 0 Å². The van der Waals surface area contributed by atoms with E-state index in [-0.39, 0.29) is 0 Å². The van der Waals surface area contributed by atoms with Crippen LogP contribution in [-0.4, -0.2) is 38.0 Å². The van der Waals surface area contributed by atoms with Gasteiger partial charge in [-0.05, 0) is 32.6 Å². The van der Waals surface area contributed by atoms with Crippen LogP contribution in [0.5, 0.6) is 0 Å². The van der Waals surface area contributed by atoms with Crippen LogP contribution in [0.4, 0.5) is 0 Å². The van der Waals surface area contributed by atoms with Crippen molar-refractivity contribution >= 4 is 0 Å². The zero-order chi connectivity index (χ0) is 9.80. The lowest BCUT2D eigenvalue weighted by atomic mass is 10.0. The van der Waals surface area contributed by atoms with Gasteiger partial charge in [0.15, 0.2) is 0 Å². The summed E-state index contributed by atoms with van der Waals surface area (Å²) < 4.78 is 11.0. The SMILES string of the molecule is CC1CC(NC2CCCOC2)CCO1. The summed E-state index contributed by atoms with van der Waals surface area (Å²) in [5.74, 6) is 0. The number of hydrogen-bond donors (Lipinski definition) is 1. The zero-order valence-corrected chi connectivity index (χ0v) is 9.00. The van der Waals surface area contributed by atoms with E-state index >= 15 is 0 Å². The summed E-state index contributed by atoms with van der Waals surface area (Å²) in [7, 11) is 0. The summed E-state index contributed by atoms with van der Waals surface area (Å²) in [5, 5.41) is 3.68. The molecule has 0 saturated carbocycles. The van der Waals surface area contributed by atoms with Crippen LogP contribution in [0.3, 0.4) is 0 Å². The van der Waals surface area contributed by atoms with Crippen molar-refractivity contribution in [2.75, 3.05) is 19.8 Å². The highest BCUT2D eigenvalue weighted by atomic mass is 16.5. The summed E-state index contributed by atoms with van der Waals surface area (Å²) in [5.41, 5.74) is 0. The summed E-state index contributed by atoms with van der Waals surface area (Å²) in [4.78, 5) is 0. The van der Waals surface area contributed by atoms with Gasteiger partial charge in [-0.25, -0.2) is 0 Å². The molecule has 0 radical (unpaired) electrons. The minimum Gasteiger partial charge on any atom is -0.380 e. The van der Waals surface area contributed by atoms with E-state index in [9.17, 15) is 0 Å². The number of hydrogen-bond acceptors (Lipinski definition) is 3. The average Bonchev–Trinajstić information content (AvgIpc) is 2.19. The fourth-order valence-electron chi connectivity index (χ4n) is 2.35. The Labute approximate surface area is 86.2 Å². The molecule has 2 aliphatic rings. The molecule has 2 rings (SSSR count).